The molecular formula is C27H27N5O. The third-order valence-electron chi connectivity index (χ3n) is 5.60. The maximum atomic E-state index is 9.99. The zero-order valence-corrected chi connectivity index (χ0v) is 18.4. The smallest absolute Gasteiger partial charge is 0.0802 e. The van der Waals surface area contributed by atoms with Crippen molar-refractivity contribution in [2.24, 2.45) is 0 Å². The molecule has 0 amide bonds. The van der Waals surface area contributed by atoms with E-state index in [1.54, 1.807) is 19.2 Å². The lowest BCUT2D eigenvalue weighted by atomic mass is 9.95. The number of benzene rings is 3. The van der Waals surface area contributed by atoms with Crippen LogP contribution in [0.25, 0.3) is 22.4 Å². The van der Waals surface area contributed by atoms with Crippen LogP contribution < -0.4 is 16.8 Å². The Bertz CT molecular complexity index is 1290. The minimum absolute atomic E-state index is 0.0637. The van der Waals surface area contributed by atoms with Crippen molar-refractivity contribution in [3.63, 3.8) is 0 Å². The van der Waals surface area contributed by atoms with Crippen molar-refractivity contribution in [1.29, 1.82) is 5.41 Å². The molecule has 6 heteroatoms. The number of pyridine rings is 1. The molecule has 0 saturated carbocycles. The Hall–Kier alpha value is -4.16. The zero-order valence-electron chi connectivity index (χ0n) is 18.4. The van der Waals surface area contributed by atoms with E-state index in [1.165, 1.54) is 0 Å². The quantitative estimate of drug-likeness (QED) is 0.203. The van der Waals surface area contributed by atoms with Crippen molar-refractivity contribution in [3.8, 4) is 22.4 Å². The van der Waals surface area contributed by atoms with Crippen LogP contribution in [0.5, 0.6) is 0 Å². The molecule has 0 aliphatic heterocycles. The van der Waals surface area contributed by atoms with Crippen LogP contribution in [0.3, 0.4) is 0 Å². The van der Waals surface area contributed by atoms with Crippen molar-refractivity contribution in [3.05, 3.63) is 96.2 Å². The lowest BCUT2D eigenvalue weighted by Gasteiger charge is -2.20. The van der Waals surface area contributed by atoms with Gasteiger partial charge in [0.1, 0.15) is 0 Å². The molecule has 1 heterocycles. The minimum atomic E-state index is -0.278. The summed E-state index contributed by atoms with van der Waals surface area (Å²) in [6.45, 7) is 1.65. The summed E-state index contributed by atoms with van der Waals surface area (Å²) in [7, 11) is 0. The summed E-state index contributed by atoms with van der Waals surface area (Å²) in [5.74, 6) is 0. The van der Waals surface area contributed by atoms with Gasteiger partial charge in [-0.3, -0.25) is 4.98 Å². The van der Waals surface area contributed by atoms with Gasteiger partial charge in [-0.15, -0.1) is 0 Å². The lowest BCUT2D eigenvalue weighted by Crippen LogP contribution is -2.15. The van der Waals surface area contributed by atoms with E-state index in [9.17, 15) is 5.11 Å². The fourth-order valence-electron chi connectivity index (χ4n) is 3.86. The third-order valence-corrected chi connectivity index (χ3v) is 5.60. The van der Waals surface area contributed by atoms with Gasteiger partial charge >= 0.3 is 0 Å². The average Bonchev–Trinajstić information content (AvgIpc) is 2.83. The molecule has 7 N–H and O–H groups in total. The molecular weight excluding hydrogens is 410 g/mol. The molecule has 1 atom stereocenters. The molecule has 33 heavy (non-hydrogen) atoms. The van der Waals surface area contributed by atoms with Crippen LogP contribution in [0, 0.1) is 5.41 Å². The standard InChI is InChI=1S/C27H27N5O/c1-17(28)22-13-19(11-12-25(22)30)23-14-20(32-26(16-33)18-7-3-2-4-8-18)15-31-27(23)21-9-5-6-10-24(21)29/h2-15,26,28,32-33H,16,29-30H2,1H3. The molecule has 0 aliphatic carbocycles. The predicted octanol–water partition coefficient (Wildman–Crippen LogP) is 5.11. The van der Waals surface area contributed by atoms with E-state index in [0.29, 0.717) is 22.6 Å². The zero-order chi connectivity index (χ0) is 23.4. The number of aliphatic hydroxyl groups excluding tert-OH is 1. The first kappa shape index (κ1) is 22.0. The van der Waals surface area contributed by atoms with E-state index in [0.717, 1.165) is 33.6 Å². The SMILES string of the molecule is CC(=N)c1cc(-c2cc(NC(CO)c3ccccc3)cnc2-c2ccccc2N)ccc1N. The second-order valence-corrected chi connectivity index (χ2v) is 7.92. The molecule has 4 aromatic rings. The summed E-state index contributed by atoms with van der Waals surface area (Å²) in [6.07, 6.45) is 1.75. The van der Waals surface area contributed by atoms with Gasteiger partial charge in [-0.05, 0) is 42.3 Å². The first-order chi connectivity index (χ1) is 16.0. The van der Waals surface area contributed by atoms with Gasteiger partial charge in [-0.2, -0.15) is 0 Å². The van der Waals surface area contributed by atoms with Gasteiger partial charge in [-0.1, -0.05) is 54.6 Å². The van der Waals surface area contributed by atoms with Crippen LogP contribution in [-0.4, -0.2) is 22.4 Å². The van der Waals surface area contributed by atoms with E-state index in [4.69, 9.17) is 21.9 Å². The minimum Gasteiger partial charge on any atom is -0.398 e. The molecule has 0 saturated heterocycles. The Balaban J connectivity index is 1.84. The first-order valence-corrected chi connectivity index (χ1v) is 10.7. The largest absolute Gasteiger partial charge is 0.398 e. The predicted molar refractivity (Wildman–Crippen MR) is 136 cm³/mol. The second kappa shape index (κ2) is 9.54. The Morgan fingerprint density at radius 3 is 2.36 bits per heavy atom. The van der Waals surface area contributed by atoms with Crippen molar-refractivity contribution >= 4 is 22.8 Å². The number of nitrogens with two attached hydrogens (primary N) is 2. The number of aromatic nitrogens is 1. The van der Waals surface area contributed by atoms with Gasteiger partial charge in [0.25, 0.3) is 0 Å². The number of hydrogen-bond donors (Lipinski definition) is 5. The highest BCUT2D eigenvalue weighted by Gasteiger charge is 2.16. The van der Waals surface area contributed by atoms with Gasteiger partial charge < -0.3 is 27.3 Å². The maximum absolute atomic E-state index is 9.99. The highest BCUT2D eigenvalue weighted by Crippen LogP contribution is 2.36. The van der Waals surface area contributed by atoms with Crippen molar-refractivity contribution < 1.29 is 5.11 Å². The molecule has 166 valence electrons. The number of nitrogens with zero attached hydrogens (tertiary/aromatic N) is 1. The molecule has 1 aromatic heterocycles. The van der Waals surface area contributed by atoms with E-state index < -0.39 is 0 Å². The molecule has 0 bridgehead atoms. The molecule has 0 fully saturated rings. The van der Waals surface area contributed by atoms with Gasteiger partial charge in [0.05, 0.1) is 30.2 Å². The van der Waals surface area contributed by atoms with Crippen LogP contribution in [0.1, 0.15) is 24.1 Å². The van der Waals surface area contributed by atoms with Crippen LogP contribution in [0.2, 0.25) is 0 Å². The number of rotatable bonds is 7. The monoisotopic (exact) mass is 437 g/mol. The molecule has 0 radical (unpaired) electrons. The van der Waals surface area contributed by atoms with Crippen molar-refractivity contribution in [1.82, 2.24) is 4.98 Å². The number of anilines is 3. The Morgan fingerprint density at radius 2 is 1.67 bits per heavy atom. The van der Waals surface area contributed by atoms with Gasteiger partial charge in [0.2, 0.25) is 0 Å². The number of nitrogen functional groups attached to an aromatic ring is 2. The highest BCUT2D eigenvalue weighted by molar-refractivity contribution is 6.02. The first-order valence-electron chi connectivity index (χ1n) is 10.7. The van der Waals surface area contributed by atoms with Crippen LogP contribution >= 0.6 is 0 Å². The van der Waals surface area contributed by atoms with Gasteiger partial charge in [-0.25, -0.2) is 0 Å². The fourth-order valence-corrected chi connectivity index (χ4v) is 3.86. The molecule has 0 aliphatic rings. The Labute approximate surface area is 193 Å². The highest BCUT2D eigenvalue weighted by atomic mass is 16.3. The van der Waals surface area contributed by atoms with Crippen LogP contribution in [0.15, 0.2) is 85.1 Å². The summed E-state index contributed by atoms with van der Waals surface area (Å²) in [4.78, 5) is 4.76. The normalized spacial score (nSPS) is 11.7. The summed E-state index contributed by atoms with van der Waals surface area (Å²) in [5.41, 5.74) is 19.7. The Morgan fingerprint density at radius 1 is 0.939 bits per heavy atom. The van der Waals surface area contributed by atoms with E-state index in [1.807, 2.05) is 72.8 Å². The maximum Gasteiger partial charge on any atom is 0.0802 e. The van der Waals surface area contributed by atoms with Crippen LogP contribution in [0.4, 0.5) is 17.1 Å². The van der Waals surface area contributed by atoms with Crippen LogP contribution in [-0.2, 0) is 0 Å². The number of para-hydroxylation sites is 1. The number of hydrogen-bond acceptors (Lipinski definition) is 6. The summed E-state index contributed by atoms with van der Waals surface area (Å²) < 4.78 is 0. The molecule has 3 aromatic carbocycles. The fraction of sp³-hybridized carbons (Fsp3) is 0.111. The van der Waals surface area contributed by atoms with E-state index >= 15 is 0 Å². The summed E-state index contributed by atoms with van der Waals surface area (Å²) in [5, 5.41) is 21.5. The topological polar surface area (TPSA) is 121 Å². The molecule has 1 unspecified atom stereocenters. The average molecular weight is 438 g/mol. The van der Waals surface area contributed by atoms with Crippen molar-refractivity contribution in [2.45, 2.75) is 13.0 Å². The van der Waals surface area contributed by atoms with Gasteiger partial charge in [0, 0.05) is 33.8 Å². The van der Waals surface area contributed by atoms with Crippen molar-refractivity contribution in [2.75, 3.05) is 23.4 Å². The van der Waals surface area contributed by atoms with Gasteiger partial charge in [0.15, 0.2) is 0 Å². The Kier molecular flexibility index (Phi) is 6.38. The third kappa shape index (κ3) is 4.71. The molecule has 6 nitrogen and oxygen atoms in total. The molecule has 4 rings (SSSR count). The van der Waals surface area contributed by atoms with E-state index in [2.05, 4.69) is 5.32 Å². The summed E-state index contributed by atoms with van der Waals surface area (Å²) >= 11 is 0. The molecule has 0 spiro atoms. The summed E-state index contributed by atoms with van der Waals surface area (Å²) in [6, 6.07) is 24.7. The number of aliphatic hydroxyl groups is 1. The lowest BCUT2D eigenvalue weighted by molar-refractivity contribution is 0.276. The van der Waals surface area contributed by atoms with E-state index in [-0.39, 0.29) is 12.6 Å². The second-order valence-electron chi connectivity index (χ2n) is 7.92. The number of nitrogens with one attached hydrogen (secondary N) is 2.